The standard InChI is InChI=1S/C23H23NO2/c1-3-22(26-21-16-14-20(25-2)15-17-21)23(18-10-6-4-7-11-18)24-19-12-8-5-9-13-19/h3-17,22-24H,1H2,2H3. The van der Waals surface area contributed by atoms with Gasteiger partial charge in [-0.05, 0) is 48.0 Å². The van der Waals surface area contributed by atoms with Crippen molar-refractivity contribution >= 4 is 5.69 Å². The largest absolute Gasteiger partial charge is 0.497 e. The summed E-state index contributed by atoms with van der Waals surface area (Å²) in [6, 6.07) is 27.9. The van der Waals surface area contributed by atoms with E-state index in [0.29, 0.717) is 0 Å². The zero-order valence-electron chi connectivity index (χ0n) is 14.8. The molecule has 3 nitrogen and oxygen atoms in total. The van der Waals surface area contributed by atoms with Crippen LogP contribution in [0, 0.1) is 0 Å². The zero-order valence-corrected chi connectivity index (χ0v) is 14.8. The highest BCUT2D eigenvalue weighted by molar-refractivity contribution is 5.46. The van der Waals surface area contributed by atoms with Gasteiger partial charge >= 0.3 is 0 Å². The number of ether oxygens (including phenoxy) is 2. The fourth-order valence-electron chi connectivity index (χ4n) is 2.79. The van der Waals surface area contributed by atoms with E-state index >= 15 is 0 Å². The molecule has 0 aliphatic carbocycles. The fraction of sp³-hybridized carbons (Fsp3) is 0.130. The molecule has 132 valence electrons. The molecular formula is C23H23NO2. The van der Waals surface area contributed by atoms with Gasteiger partial charge in [-0.1, -0.05) is 55.1 Å². The minimum Gasteiger partial charge on any atom is -0.497 e. The summed E-state index contributed by atoms with van der Waals surface area (Å²) in [7, 11) is 1.65. The number of hydrogen-bond donors (Lipinski definition) is 1. The number of para-hydroxylation sites is 1. The lowest BCUT2D eigenvalue weighted by atomic mass is 10.0. The van der Waals surface area contributed by atoms with Crippen LogP contribution in [0.2, 0.25) is 0 Å². The van der Waals surface area contributed by atoms with Crippen LogP contribution in [0.4, 0.5) is 5.69 Å². The van der Waals surface area contributed by atoms with Gasteiger partial charge in [-0.2, -0.15) is 0 Å². The average molecular weight is 345 g/mol. The second-order valence-corrected chi connectivity index (χ2v) is 5.89. The van der Waals surface area contributed by atoms with Crippen LogP contribution in [-0.4, -0.2) is 13.2 Å². The lowest BCUT2D eigenvalue weighted by Crippen LogP contribution is -2.29. The summed E-state index contributed by atoms with van der Waals surface area (Å²) in [4.78, 5) is 0. The number of methoxy groups -OCH3 is 1. The van der Waals surface area contributed by atoms with E-state index in [1.165, 1.54) is 0 Å². The fourth-order valence-corrected chi connectivity index (χ4v) is 2.79. The van der Waals surface area contributed by atoms with Crippen LogP contribution in [0.25, 0.3) is 0 Å². The molecular weight excluding hydrogens is 322 g/mol. The first-order valence-electron chi connectivity index (χ1n) is 8.60. The van der Waals surface area contributed by atoms with Gasteiger partial charge in [0, 0.05) is 5.69 Å². The molecule has 0 aliphatic heterocycles. The van der Waals surface area contributed by atoms with Gasteiger partial charge in [-0.25, -0.2) is 0 Å². The summed E-state index contributed by atoms with van der Waals surface area (Å²) in [5.41, 5.74) is 2.17. The first-order chi connectivity index (χ1) is 12.8. The van der Waals surface area contributed by atoms with Crippen LogP contribution >= 0.6 is 0 Å². The zero-order chi connectivity index (χ0) is 18.2. The summed E-state index contributed by atoms with van der Waals surface area (Å²) in [6.07, 6.45) is 1.59. The Morgan fingerprint density at radius 1 is 0.808 bits per heavy atom. The van der Waals surface area contributed by atoms with Crippen molar-refractivity contribution < 1.29 is 9.47 Å². The van der Waals surface area contributed by atoms with Gasteiger partial charge in [0.2, 0.25) is 0 Å². The molecule has 2 atom stereocenters. The average Bonchev–Trinajstić information content (AvgIpc) is 2.72. The van der Waals surface area contributed by atoms with Crippen molar-refractivity contribution in [1.29, 1.82) is 0 Å². The van der Waals surface area contributed by atoms with Crippen molar-refractivity contribution in [3.63, 3.8) is 0 Å². The maximum atomic E-state index is 6.22. The van der Waals surface area contributed by atoms with E-state index in [9.17, 15) is 0 Å². The van der Waals surface area contributed by atoms with Gasteiger partial charge in [0.05, 0.1) is 13.2 Å². The van der Waals surface area contributed by atoms with Crippen molar-refractivity contribution in [2.24, 2.45) is 0 Å². The second-order valence-electron chi connectivity index (χ2n) is 5.89. The van der Waals surface area contributed by atoms with Gasteiger partial charge < -0.3 is 14.8 Å². The van der Waals surface area contributed by atoms with E-state index in [-0.39, 0.29) is 12.1 Å². The third kappa shape index (κ3) is 4.45. The third-order valence-electron chi connectivity index (χ3n) is 4.15. The van der Waals surface area contributed by atoms with E-state index in [1.54, 1.807) is 7.11 Å². The van der Waals surface area contributed by atoms with Crippen molar-refractivity contribution in [3.8, 4) is 11.5 Å². The normalized spacial score (nSPS) is 12.7. The van der Waals surface area contributed by atoms with Gasteiger partial charge in [-0.3, -0.25) is 0 Å². The molecule has 3 aromatic carbocycles. The van der Waals surface area contributed by atoms with E-state index in [0.717, 1.165) is 22.7 Å². The molecule has 0 spiro atoms. The predicted octanol–water partition coefficient (Wildman–Crippen LogP) is 5.48. The minimum absolute atomic E-state index is 0.0711. The van der Waals surface area contributed by atoms with Crippen LogP contribution in [0.3, 0.4) is 0 Å². The molecule has 3 aromatic rings. The third-order valence-corrected chi connectivity index (χ3v) is 4.15. The van der Waals surface area contributed by atoms with Crippen LogP contribution in [0.1, 0.15) is 11.6 Å². The van der Waals surface area contributed by atoms with Gasteiger partial charge in [0.25, 0.3) is 0 Å². The number of rotatable bonds is 8. The number of hydrogen-bond acceptors (Lipinski definition) is 3. The SMILES string of the molecule is C=CC(Oc1ccc(OC)cc1)C(Nc1ccccc1)c1ccccc1. The Morgan fingerprint density at radius 2 is 1.38 bits per heavy atom. The molecule has 3 rings (SSSR count). The van der Waals surface area contributed by atoms with Gasteiger partial charge in [0.1, 0.15) is 17.6 Å². The quantitative estimate of drug-likeness (QED) is 0.548. The highest BCUT2D eigenvalue weighted by Crippen LogP contribution is 2.27. The summed E-state index contributed by atoms with van der Waals surface area (Å²) in [5.74, 6) is 1.57. The monoisotopic (exact) mass is 345 g/mol. The Hall–Kier alpha value is -3.20. The molecule has 0 bridgehead atoms. The summed E-state index contributed by atoms with van der Waals surface area (Å²) in [5, 5.41) is 3.57. The molecule has 0 aliphatic rings. The number of nitrogens with one attached hydrogen (secondary N) is 1. The second kappa shape index (κ2) is 8.77. The molecule has 0 heterocycles. The van der Waals surface area contributed by atoms with Crippen LogP contribution in [0.15, 0.2) is 97.6 Å². The van der Waals surface area contributed by atoms with E-state index < -0.39 is 0 Å². The molecule has 0 saturated heterocycles. The predicted molar refractivity (Wildman–Crippen MR) is 107 cm³/mol. The van der Waals surface area contributed by atoms with E-state index in [4.69, 9.17) is 9.47 Å². The number of benzene rings is 3. The van der Waals surface area contributed by atoms with Crippen LogP contribution < -0.4 is 14.8 Å². The Labute approximate surface area is 154 Å². The first-order valence-corrected chi connectivity index (χ1v) is 8.60. The summed E-state index contributed by atoms with van der Waals surface area (Å²) >= 11 is 0. The molecule has 2 unspecified atom stereocenters. The lowest BCUT2D eigenvalue weighted by Gasteiger charge is -2.28. The van der Waals surface area contributed by atoms with Gasteiger partial charge in [-0.15, -0.1) is 0 Å². The highest BCUT2D eigenvalue weighted by atomic mass is 16.5. The molecule has 3 heteroatoms. The van der Waals surface area contributed by atoms with Crippen LogP contribution in [-0.2, 0) is 0 Å². The van der Waals surface area contributed by atoms with Crippen LogP contribution in [0.5, 0.6) is 11.5 Å². The maximum absolute atomic E-state index is 6.22. The van der Waals surface area contributed by atoms with E-state index in [1.807, 2.05) is 78.9 Å². The highest BCUT2D eigenvalue weighted by Gasteiger charge is 2.22. The van der Waals surface area contributed by atoms with Crippen molar-refractivity contribution in [2.75, 3.05) is 12.4 Å². The molecule has 26 heavy (non-hydrogen) atoms. The Balaban J connectivity index is 1.86. The van der Waals surface area contributed by atoms with Crippen molar-refractivity contribution in [3.05, 3.63) is 103 Å². The summed E-state index contributed by atoms with van der Waals surface area (Å²) < 4.78 is 11.4. The number of anilines is 1. The molecule has 0 saturated carbocycles. The molecule has 0 amide bonds. The molecule has 0 aromatic heterocycles. The minimum atomic E-state index is -0.244. The molecule has 0 fully saturated rings. The Morgan fingerprint density at radius 3 is 1.96 bits per heavy atom. The Bertz CT molecular complexity index is 801. The van der Waals surface area contributed by atoms with Gasteiger partial charge in [0.15, 0.2) is 0 Å². The molecule has 1 N–H and O–H groups in total. The lowest BCUT2D eigenvalue weighted by molar-refractivity contribution is 0.226. The van der Waals surface area contributed by atoms with Crippen molar-refractivity contribution in [2.45, 2.75) is 12.1 Å². The topological polar surface area (TPSA) is 30.5 Å². The smallest absolute Gasteiger partial charge is 0.141 e. The molecule has 0 radical (unpaired) electrons. The Kier molecular flexibility index (Phi) is 5.94. The van der Waals surface area contributed by atoms with Crippen molar-refractivity contribution in [1.82, 2.24) is 0 Å². The van der Waals surface area contributed by atoms with E-state index in [2.05, 4.69) is 24.0 Å². The first kappa shape index (κ1) is 17.6. The summed E-state index contributed by atoms with van der Waals surface area (Å²) in [6.45, 7) is 3.99. The maximum Gasteiger partial charge on any atom is 0.141 e.